The van der Waals surface area contributed by atoms with E-state index in [2.05, 4.69) is 17.0 Å². The molecule has 1 saturated heterocycles. The monoisotopic (exact) mass is 328 g/mol. The van der Waals surface area contributed by atoms with Gasteiger partial charge in [0.15, 0.2) is 0 Å². The third-order valence-electron chi connectivity index (χ3n) is 5.51. The molecule has 2 atom stereocenters. The summed E-state index contributed by atoms with van der Waals surface area (Å²) in [7, 11) is 0. The van der Waals surface area contributed by atoms with Crippen LogP contribution in [0.5, 0.6) is 5.75 Å². The Morgan fingerprint density at radius 3 is 2.92 bits per heavy atom. The zero-order chi connectivity index (χ0) is 17.2. The van der Waals surface area contributed by atoms with Crippen LogP contribution in [0.3, 0.4) is 0 Å². The Labute approximate surface area is 143 Å². The number of phenols is 1. The van der Waals surface area contributed by atoms with Crippen molar-refractivity contribution in [2.75, 3.05) is 13.1 Å². The van der Waals surface area contributed by atoms with Gasteiger partial charge in [0, 0.05) is 30.5 Å². The fourth-order valence-corrected chi connectivity index (χ4v) is 3.75. The molecule has 24 heavy (non-hydrogen) atoms. The summed E-state index contributed by atoms with van der Waals surface area (Å²) in [5.74, 6) is 0.323. The van der Waals surface area contributed by atoms with Crippen LogP contribution >= 0.6 is 0 Å². The molecule has 128 valence electrons. The molecule has 1 aromatic rings. The minimum Gasteiger partial charge on any atom is -0.507 e. The average molecular weight is 328 g/mol. The second-order valence-corrected chi connectivity index (χ2v) is 7.41. The minimum absolute atomic E-state index is 0.270. The number of nitriles is 1. The number of allylic oxidation sites excluding steroid dienone is 2. The summed E-state index contributed by atoms with van der Waals surface area (Å²) in [6.45, 7) is 3.64. The van der Waals surface area contributed by atoms with Crippen LogP contribution in [-0.4, -0.2) is 29.3 Å². The number of piperidine rings is 1. The standard InChI is InChI=1S/C20H25FN2O/c1-20(8-10-22)9-11-23(14-19(20)21)13-15-6-7-17(18(24)12-15)16-4-2-3-5-16/h4,6-7,12,19,24H,2-3,5,8-9,11,13-14H2,1H3. The predicted molar refractivity (Wildman–Crippen MR) is 93.1 cm³/mol. The molecule has 2 unspecified atom stereocenters. The molecular weight excluding hydrogens is 303 g/mol. The van der Waals surface area contributed by atoms with Gasteiger partial charge in [0.2, 0.25) is 0 Å². The highest BCUT2D eigenvalue weighted by Crippen LogP contribution is 2.37. The number of halogens is 1. The molecule has 0 spiro atoms. The number of hydrogen-bond acceptors (Lipinski definition) is 3. The SMILES string of the molecule is CC1(CC#N)CCN(Cc2ccc(C3=CCCC3)c(O)c2)CC1F. The first kappa shape index (κ1) is 17.0. The smallest absolute Gasteiger partial charge is 0.123 e. The molecule has 0 radical (unpaired) electrons. The Morgan fingerprint density at radius 1 is 1.46 bits per heavy atom. The number of phenolic OH excluding ortho intramolecular Hbond substituents is 1. The van der Waals surface area contributed by atoms with Gasteiger partial charge in [-0.2, -0.15) is 5.26 Å². The quantitative estimate of drug-likeness (QED) is 0.890. The predicted octanol–water partition coefficient (Wildman–Crippen LogP) is 4.42. The summed E-state index contributed by atoms with van der Waals surface area (Å²) >= 11 is 0. The fourth-order valence-electron chi connectivity index (χ4n) is 3.75. The number of likely N-dealkylation sites (tertiary alicyclic amines) is 1. The highest BCUT2D eigenvalue weighted by atomic mass is 19.1. The van der Waals surface area contributed by atoms with Gasteiger partial charge in [0.25, 0.3) is 0 Å². The van der Waals surface area contributed by atoms with E-state index in [0.717, 1.165) is 36.9 Å². The molecule has 1 fully saturated rings. The van der Waals surface area contributed by atoms with E-state index in [-0.39, 0.29) is 6.42 Å². The van der Waals surface area contributed by atoms with Crippen LogP contribution in [0.15, 0.2) is 24.3 Å². The maximum atomic E-state index is 14.5. The summed E-state index contributed by atoms with van der Waals surface area (Å²) in [5, 5.41) is 19.2. The van der Waals surface area contributed by atoms with Crippen molar-refractivity contribution >= 4 is 5.57 Å². The molecule has 3 nitrogen and oxygen atoms in total. The highest BCUT2D eigenvalue weighted by molar-refractivity contribution is 5.71. The van der Waals surface area contributed by atoms with Crippen LogP contribution in [-0.2, 0) is 6.54 Å². The fraction of sp³-hybridized carbons (Fsp3) is 0.550. The Balaban J connectivity index is 1.65. The van der Waals surface area contributed by atoms with Crippen LogP contribution in [0.4, 0.5) is 4.39 Å². The van der Waals surface area contributed by atoms with Gasteiger partial charge in [-0.3, -0.25) is 4.90 Å². The highest BCUT2D eigenvalue weighted by Gasteiger charge is 2.39. The molecule has 1 aliphatic heterocycles. The van der Waals surface area contributed by atoms with Gasteiger partial charge in [0.1, 0.15) is 11.9 Å². The lowest BCUT2D eigenvalue weighted by Gasteiger charge is -2.41. The number of benzene rings is 1. The molecule has 1 aromatic carbocycles. The minimum atomic E-state index is -0.984. The number of rotatable bonds is 4. The van der Waals surface area contributed by atoms with Crippen molar-refractivity contribution < 1.29 is 9.50 Å². The normalized spacial score (nSPS) is 27.7. The molecule has 1 heterocycles. The van der Waals surface area contributed by atoms with E-state index in [0.29, 0.717) is 25.3 Å². The molecule has 0 bridgehead atoms. The van der Waals surface area contributed by atoms with E-state index in [1.165, 1.54) is 5.57 Å². The Morgan fingerprint density at radius 2 is 2.29 bits per heavy atom. The van der Waals surface area contributed by atoms with Gasteiger partial charge < -0.3 is 5.11 Å². The van der Waals surface area contributed by atoms with Crippen molar-refractivity contribution in [3.05, 3.63) is 35.4 Å². The second kappa shape index (κ2) is 6.94. The third kappa shape index (κ3) is 3.47. The maximum absolute atomic E-state index is 14.5. The van der Waals surface area contributed by atoms with E-state index in [1.54, 1.807) is 0 Å². The first-order chi connectivity index (χ1) is 11.5. The Hall–Kier alpha value is -1.86. The first-order valence-electron chi connectivity index (χ1n) is 8.76. The van der Waals surface area contributed by atoms with Crippen LogP contribution in [0.25, 0.3) is 5.57 Å². The van der Waals surface area contributed by atoms with Gasteiger partial charge in [-0.1, -0.05) is 25.1 Å². The van der Waals surface area contributed by atoms with Crippen LogP contribution < -0.4 is 0 Å². The van der Waals surface area contributed by atoms with Crippen molar-refractivity contribution in [1.29, 1.82) is 5.26 Å². The van der Waals surface area contributed by atoms with E-state index in [1.807, 2.05) is 25.1 Å². The molecule has 4 heteroatoms. The molecule has 2 aliphatic rings. The third-order valence-corrected chi connectivity index (χ3v) is 5.51. The lowest BCUT2D eigenvalue weighted by atomic mass is 9.76. The lowest BCUT2D eigenvalue weighted by molar-refractivity contribution is 0.0186. The largest absolute Gasteiger partial charge is 0.507 e. The van der Waals surface area contributed by atoms with Crippen molar-refractivity contribution in [2.24, 2.45) is 5.41 Å². The van der Waals surface area contributed by atoms with Crippen LogP contribution in [0.1, 0.15) is 50.2 Å². The lowest BCUT2D eigenvalue weighted by Crippen LogP contribution is -2.47. The second-order valence-electron chi connectivity index (χ2n) is 7.41. The van der Waals surface area contributed by atoms with Crippen molar-refractivity contribution in [3.63, 3.8) is 0 Å². The molecule has 1 N–H and O–H groups in total. The Bertz CT molecular complexity index is 679. The summed E-state index contributed by atoms with van der Waals surface area (Å²) in [6.07, 6.45) is 5.45. The molecular formula is C20H25FN2O. The first-order valence-corrected chi connectivity index (χ1v) is 8.76. The average Bonchev–Trinajstić information content (AvgIpc) is 3.06. The van der Waals surface area contributed by atoms with Crippen LogP contribution in [0, 0.1) is 16.7 Å². The maximum Gasteiger partial charge on any atom is 0.123 e. The van der Waals surface area contributed by atoms with Crippen molar-refractivity contribution in [3.8, 4) is 11.8 Å². The number of alkyl halides is 1. The van der Waals surface area contributed by atoms with Gasteiger partial charge >= 0.3 is 0 Å². The number of hydrogen-bond donors (Lipinski definition) is 1. The van der Waals surface area contributed by atoms with Gasteiger partial charge in [0.05, 0.1) is 6.07 Å². The summed E-state index contributed by atoms with van der Waals surface area (Å²) < 4.78 is 14.5. The van der Waals surface area contributed by atoms with Gasteiger partial charge in [-0.15, -0.1) is 0 Å². The summed E-state index contributed by atoms with van der Waals surface area (Å²) in [5.41, 5.74) is 2.64. The zero-order valence-electron chi connectivity index (χ0n) is 14.3. The molecule has 0 amide bonds. The van der Waals surface area contributed by atoms with Gasteiger partial charge in [-0.05, 0) is 49.4 Å². The van der Waals surface area contributed by atoms with Gasteiger partial charge in [-0.25, -0.2) is 4.39 Å². The van der Waals surface area contributed by atoms with E-state index >= 15 is 0 Å². The molecule has 3 rings (SSSR count). The number of aromatic hydroxyl groups is 1. The van der Waals surface area contributed by atoms with Crippen molar-refractivity contribution in [1.82, 2.24) is 4.90 Å². The van der Waals surface area contributed by atoms with E-state index in [9.17, 15) is 9.50 Å². The molecule has 0 aromatic heterocycles. The van der Waals surface area contributed by atoms with Crippen LogP contribution in [0.2, 0.25) is 0 Å². The Kier molecular flexibility index (Phi) is 4.91. The summed E-state index contributed by atoms with van der Waals surface area (Å²) in [4.78, 5) is 2.08. The number of nitrogens with zero attached hydrogens (tertiary/aromatic N) is 2. The molecule has 1 aliphatic carbocycles. The topological polar surface area (TPSA) is 47.3 Å². The van der Waals surface area contributed by atoms with E-state index < -0.39 is 11.6 Å². The van der Waals surface area contributed by atoms with Crippen molar-refractivity contribution in [2.45, 2.75) is 51.7 Å². The van der Waals surface area contributed by atoms with E-state index in [4.69, 9.17) is 5.26 Å². The summed E-state index contributed by atoms with van der Waals surface area (Å²) in [6, 6.07) is 7.94. The zero-order valence-corrected chi connectivity index (χ0v) is 14.3. The molecule has 0 saturated carbocycles.